The first kappa shape index (κ1) is 12.5. The quantitative estimate of drug-likeness (QED) is 0.747. The van der Waals surface area contributed by atoms with E-state index in [2.05, 4.69) is 12.2 Å². The number of hydrogen-bond donors (Lipinski definition) is 2. The zero-order chi connectivity index (χ0) is 11.7. The normalized spacial score (nSPS) is 21.7. The predicted octanol–water partition coefficient (Wildman–Crippen LogP) is 1.67. The molecule has 0 bridgehead atoms. The average Bonchev–Trinajstić information content (AvgIpc) is 2.08. The van der Waals surface area contributed by atoms with Crippen molar-refractivity contribution in [2.75, 3.05) is 6.54 Å². The lowest BCUT2D eigenvalue weighted by Crippen LogP contribution is -2.51. The van der Waals surface area contributed by atoms with Gasteiger partial charge in [-0.15, -0.1) is 0 Å². The molecule has 1 atom stereocenters. The molecule has 1 aliphatic carbocycles. The molecule has 3 nitrogen and oxygen atoms in total. The van der Waals surface area contributed by atoms with Gasteiger partial charge >= 0.3 is 0 Å². The van der Waals surface area contributed by atoms with E-state index in [0.29, 0.717) is 5.41 Å². The first-order valence-electron chi connectivity index (χ1n) is 5.78. The molecule has 88 valence electrons. The summed E-state index contributed by atoms with van der Waals surface area (Å²) in [7, 11) is 0. The van der Waals surface area contributed by atoms with Gasteiger partial charge in [0, 0.05) is 6.54 Å². The molecule has 1 saturated carbocycles. The molecule has 0 aromatic carbocycles. The maximum absolute atomic E-state index is 11.7. The number of amides is 1. The van der Waals surface area contributed by atoms with Gasteiger partial charge in [-0.1, -0.05) is 34.1 Å². The molecule has 1 fully saturated rings. The van der Waals surface area contributed by atoms with Crippen LogP contribution in [-0.4, -0.2) is 18.5 Å². The standard InChI is InChI=1S/C12H24N2O/c1-11(2,3)9(13)10(15)14-8-12(4)6-5-7-12/h9H,5-8,13H2,1-4H3,(H,14,15)/t9-/m1/s1. The van der Waals surface area contributed by atoms with Gasteiger partial charge in [0.05, 0.1) is 6.04 Å². The summed E-state index contributed by atoms with van der Waals surface area (Å²) in [5.74, 6) is -0.0179. The largest absolute Gasteiger partial charge is 0.354 e. The summed E-state index contributed by atoms with van der Waals surface area (Å²) in [6, 6.07) is -0.416. The second kappa shape index (κ2) is 4.12. The van der Waals surface area contributed by atoms with Gasteiger partial charge in [-0.2, -0.15) is 0 Å². The van der Waals surface area contributed by atoms with Gasteiger partial charge < -0.3 is 11.1 Å². The summed E-state index contributed by atoms with van der Waals surface area (Å²) in [6.45, 7) is 8.96. The molecular formula is C12H24N2O. The topological polar surface area (TPSA) is 55.1 Å². The van der Waals surface area contributed by atoms with Crippen LogP contribution >= 0.6 is 0 Å². The lowest BCUT2D eigenvalue weighted by Gasteiger charge is -2.39. The summed E-state index contributed by atoms with van der Waals surface area (Å²) in [5, 5.41) is 2.97. The summed E-state index contributed by atoms with van der Waals surface area (Å²) < 4.78 is 0. The molecule has 15 heavy (non-hydrogen) atoms. The number of nitrogens with two attached hydrogens (primary N) is 1. The van der Waals surface area contributed by atoms with Crippen LogP contribution in [0.4, 0.5) is 0 Å². The number of hydrogen-bond acceptors (Lipinski definition) is 2. The fraction of sp³-hybridized carbons (Fsp3) is 0.917. The van der Waals surface area contributed by atoms with Crippen molar-refractivity contribution in [1.29, 1.82) is 0 Å². The van der Waals surface area contributed by atoms with E-state index < -0.39 is 6.04 Å². The van der Waals surface area contributed by atoms with Crippen molar-refractivity contribution < 1.29 is 4.79 Å². The van der Waals surface area contributed by atoms with Gasteiger partial charge in [0.2, 0.25) is 5.91 Å². The highest BCUT2D eigenvalue weighted by atomic mass is 16.2. The van der Waals surface area contributed by atoms with E-state index in [1.165, 1.54) is 19.3 Å². The lowest BCUT2D eigenvalue weighted by atomic mass is 9.70. The maximum Gasteiger partial charge on any atom is 0.237 e. The molecule has 0 aromatic heterocycles. The Bertz CT molecular complexity index is 238. The minimum absolute atomic E-state index is 0.0179. The van der Waals surface area contributed by atoms with E-state index in [9.17, 15) is 4.79 Å². The van der Waals surface area contributed by atoms with Gasteiger partial charge in [-0.05, 0) is 23.7 Å². The molecule has 0 unspecified atom stereocenters. The van der Waals surface area contributed by atoms with Gasteiger partial charge in [0.25, 0.3) is 0 Å². The van der Waals surface area contributed by atoms with Crippen molar-refractivity contribution in [3.63, 3.8) is 0 Å². The number of nitrogens with one attached hydrogen (secondary N) is 1. The fourth-order valence-corrected chi connectivity index (χ4v) is 1.76. The molecule has 1 amide bonds. The number of carbonyl (C=O) groups is 1. The second-order valence-electron chi connectivity index (χ2n) is 6.23. The Morgan fingerprint density at radius 2 is 2.00 bits per heavy atom. The van der Waals surface area contributed by atoms with Crippen LogP contribution < -0.4 is 11.1 Å². The van der Waals surface area contributed by atoms with Crippen molar-refractivity contribution in [3.8, 4) is 0 Å². The molecule has 3 heteroatoms. The van der Waals surface area contributed by atoms with Gasteiger partial charge in [0.1, 0.15) is 0 Å². The van der Waals surface area contributed by atoms with Crippen LogP contribution in [0, 0.1) is 10.8 Å². The third-order valence-corrected chi connectivity index (χ3v) is 3.47. The molecule has 1 aliphatic rings. The highest BCUT2D eigenvalue weighted by Crippen LogP contribution is 2.39. The van der Waals surface area contributed by atoms with Gasteiger partial charge in [-0.25, -0.2) is 0 Å². The highest BCUT2D eigenvalue weighted by molar-refractivity contribution is 5.82. The molecule has 3 N–H and O–H groups in total. The van der Waals surface area contributed by atoms with Crippen LogP contribution in [-0.2, 0) is 4.79 Å². The summed E-state index contributed by atoms with van der Waals surface area (Å²) in [5.41, 5.74) is 6.04. The van der Waals surface area contributed by atoms with Crippen molar-refractivity contribution in [2.24, 2.45) is 16.6 Å². The Kier molecular flexibility index (Phi) is 3.44. The Morgan fingerprint density at radius 3 is 2.33 bits per heavy atom. The third-order valence-electron chi connectivity index (χ3n) is 3.47. The Hall–Kier alpha value is -0.570. The van der Waals surface area contributed by atoms with Crippen LogP contribution in [0.3, 0.4) is 0 Å². The highest BCUT2D eigenvalue weighted by Gasteiger charge is 2.33. The molecule has 1 rings (SSSR count). The molecule has 0 aromatic rings. The molecular weight excluding hydrogens is 188 g/mol. The van der Waals surface area contributed by atoms with Crippen molar-refractivity contribution >= 4 is 5.91 Å². The minimum atomic E-state index is -0.416. The van der Waals surface area contributed by atoms with Crippen LogP contribution in [0.1, 0.15) is 47.0 Å². The van der Waals surface area contributed by atoms with Crippen LogP contribution in [0.15, 0.2) is 0 Å². The summed E-state index contributed by atoms with van der Waals surface area (Å²) in [4.78, 5) is 11.7. The predicted molar refractivity (Wildman–Crippen MR) is 62.4 cm³/mol. The van der Waals surface area contributed by atoms with Crippen LogP contribution in [0.25, 0.3) is 0 Å². The zero-order valence-corrected chi connectivity index (χ0v) is 10.4. The number of carbonyl (C=O) groups excluding carboxylic acids is 1. The summed E-state index contributed by atoms with van der Waals surface area (Å²) >= 11 is 0. The van der Waals surface area contributed by atoms with Crippen LogP contribution in [0.5, 0.6) is 0 Å². The Morgan fingerprint density at radius 1 is 1.47 bits per heavy atom. The smallest absolute Gasteiger partial charge is 0.237 e. The third kappa shape index (κ3) is 3.20. The molecule has 0 radical (unpaired) electrons. The van der Waals surface area contributed by atoms with Crippen molar-refractivity contribution in [1.82, 2.24) is 5.32 Å². The molecule has 0 saturated heterocycles. The first-order valence-corrected chi connectivity index (χ1v) is 5.78. The summed E-state index contributed by atoms with van der Waals surface area (Å²) in [6.07, 6.45) is 3.73. The second-order valence-corrected chi connectivity index (χ2v) is 6.23. The first-order chi connectivity index (χ1) is 6.75. The molecule has 0 aliphatic heterocycles. The van der Waals surface area contributed by atoms with E-state index in [-0.39, 0.29) is 11.3 Å². The van der Waals surface area contributed by atoms with Crippen molar-refractivity contribution in [2.45, 2.75) is 53.0 Å². The Balaban J connectivity index is 2.36. The van der Waals surface area contributed by atoms with E-state index in [1.54, 1.807) is 0 Å². The fourth-order valence-electron chi connectivity index (χ4n) is 1.76. The zero-order valence-electron chi connectivity index (χ0n) is 10.4. The minimum Gasteiger partial charge on any atom is -0.354 e. The molecule has 0 spiro atoms. The van der Waals surface area contributed by atoms with Gasteiger partial charge in [-0.3, -0.25) is 4.79 Å². The SMILES string of the molecule is CC1(CNC(=O)[C@@H](N)C(C)(C)C)CCC1. The molecule has 0 heterocycles. The maximum atomic E-state index is 11.7. The van der Waals surface area contributed by atoms with E-state index >= 15 is 0 Å². The Labute approximate surface area is 92.8 Å². The van der Waals surface area contributed by atoms with E-state index in [0.717, 1.165) is 6.54 Å². The van der Waals surface area contributed by atoms with E-state index in [4.69, 9.17) is 5.73 Å². The van der Waals surface area contributed by atoms with Gasteiger partial charge in [0.15, 0.2) is 0 Å². The van der Waals surface area contributed by atoms with Crippen molar-refractivity contribution in [3.05, 3.63) is 0 Å². The van der Waals surface area contributed by atoms with Crippen LogP contribution in [0.2, 0.25) is 0 Å². The van der Waals surface area contributed by atoms with E-state index in [1.807, 2.05) is 20.8 Å². The number of rotatable bonds is 3. The lowest BCUT2D eigenvalue weighted by molar-refractivity contribution is -0.125. The monoisotopic (exact) mass is 212 g/mol. The average molecular weight is 212 g/mol.